The van der Waals surface area contributed by atoms with E-state index in [0.29, 0.717) is 25.1 Å². The number of aliphatic carboxylic acids is 1. The summed E-state index contributed by atoms with van der Waals surface area (Å²) in [7, 11) is 0. The molecule has 1 aromatic carbocycles. The summed E-state index contributed by atoms with van der Waals surface area (Å²) in [6, 6.07) is 8.14. The average molecular weight is 302 g/mol. The summed E-state index contributed by atoms with van der Waals surface area (Å²) in [4.78, 5) is 29.7. The Balaban J connectivity index is 1.74. The summed E-state index contributed by atoms with van der Waals surface area (Å²) in [5.74, 6) is -1.12. The summed E-state index contributed by atoms with van der Waals surface area (Å²) in [5, 5.41) is 14.8. The van der Waals surface area contributed by atoms with Gasteiger partial charge in [0.25, 0.3) is 5.91 Å². The third kappa shape index (κ3) is 4.71. The van der Waals surface area contributed by atoms with E-state index in [1.165, 1.54) is 6.33 Å². The standard InChI is InChI=1S/C15H18N4O3/c20-14(11-4-2-1-3-5-11)18-7-6-17-13(15(21)22)8-12-9-16-10-19-12/h1-5,9-10,13,17H,6-8H2,(H,16,19)(H,18,20)(H,21,22)/t13-/m0/s1. The highest BCUT2D eigenvalue weighted by molar-refractivity contribution is 5.94. The zero-order chi connectivity index (χ0) is 15.8. The van der Waals surface area contributed by atoms with Crippen molar-refractivity contribution in [3.05, 3.63) is 54.1 Å². The quantitative estimate of drug-likeness (QED) is 0.529. The van der Waals surface area contributed by atoms with Crippen LogP contribution in [0.3, 0.4) is 0 Å². The van der Waals surface area contributed by atoms with Gasteiger partial charge < -0.3 is 20.7 Å². The number of hydrogen-bond acceptors (Lipinski definition) is 4. The number of aromatic amines is 1. The van der Waals surface area contributed by atoms with E-state index in [4.69, 9.17) is 0 Å². The molecule has 2 rings (SSSR count). The number of hydrogen-bond donors (Lipinski definition) is 4. The van der Waals surface area contributed by atoms with E-state index in [1.54, 1.807) is 30.5 Å². The summed E-state index contributed by atoms with van der Waals surface area (Å²) in [6.45, 7) is 0.712. The zero-order valence-corrected chi connectivity index (χ0v) is 12.0. The second-order valence-corrected chi connectivity index (χ2v) is 4.75. The van der Waals surface area contributed by atoms with Crippen molar-refractivity contribution in [2.75, 3.05) is 13.1 Å². The van der Waals surface area contributed by atoms with E-state index >= 15 is 0 Å². The fourth-order valence-corrected chi connectivity index (χ4v) is 1.98. The molecular formula is C15H18N4O3. The van der Waals surface area contributed by atoms with E-state index in [-0.39, 0.29) is 5.91 Å². The minimum absolute atomic E-state index is 0.178. The molecule has 1 aromatic heterocycles. The van der Waals surface area contributed by atoms with Gasteiger partial charge in [0.05, 0.1) is 6.33 Å². The van der Waals surface area contributed by atoms with Crippen LogP contribution in [0.15, 0.2) is 42.9 Å². The van der Waals surface area contributed by atoms with Gasteiger partial charge >= 0.3 is 5.97 Å². The van der Waals surface area contributed by atoms with Crippen molar-refractivity contribution in [1.29, 1.82) is 0 Å². The highest BCUT2D eigenvalue weighted by Gasteiger charge is 2.17. The molecule has 2 aromatic rings. The molecule has 0 bridgehead atoms. The second-order valence-electron chi connectivity index (χ2n) is 4.75. The molecule has 0 saturated heterocycles. The van der Waals surface area contributed by atoms with Crippen LogP contribution in [0.4, 0.5) is 0 Å². The molecule has 0 aliphatic rings. The van der Waals surface area contributed by atoms with E-state index in [0.717, 1.165) is 5.69 Å². The third-order valence-electron chi connectivity index (χ3n) is 3.11. The molecular weight excluding hydrogens is 284 g/mol. The molecule has 4 N–H and O–H groups in total. The third-order valence-corrected chi connectivity index (χ3v) is 3.11. The number of H-pyrrole nitrogens is 1. The fraction of sp³-hybridized carbons (Fsp3) is 0.267. The second kappa shape index (κ2) is 7.94. The van der Waals surface area contributed by atoms with Crippen molar-refractivity contribution in [3.63, 3.8) is 0 Å². The molecule has 22 heavy (non-hydrogen) atoms. The number of carbonyl (C=O) groups excluding carboxylic acids is 1. The Morgan fingerprint density at radius 1 is 1.23 bits per heavy atom. The van der Waals surface area contributed by atoms with Crippen LogP contribution in [0.1, 0.15) is 16.1 Å². The highest BCUT2D eigenvalue weighted by Crippen LogP contribution is 1.99. The van der Waals surface area contributed by atoms with Crippen molar-refractivity contribution in [1.82, 2.24) is 20.6 Å². The van der Waals surface area contributed by atoms with Gasteiger partial charge in [-0.1, -0.05) is 18.2 Å². The molecule has 1 atom stereocenters. The van der Waals surface area contributed by atoms with Gasteiger partial charge in [-0.3, -0.25) is 9.59 Å². The fourth-order valence-electron chi connectivity index (χ4n) is 1.98. The minimum Gasteiger partial charge on any atom is -0.480 e. The van der Waals surface area contributed by atoms with Crippen LogP contribution in [-0.4, -0.2) is 46.1 Å². The molecule has 7 nitrogen and oxygen atoms in total. The van der Waals surface area contributed by atoms with E-state index < -0.39 is 12.0 Å². The Morgan fingerprint density at radius 2 is 2.00 bits per heavy atom. The Kier molecular flexibility index (Phi) is 5.67. The Labute approximate surface area is 127 Å². The number of carboxylic acids is 1. The first-order chi connectivity index (χ1) is 10.7. The van der Waals surface area contributed by atoms with Gasteiger partial charge in [0.1, 0.15) is 6.04 Å². The highest BCUT2D eigenvalue weighted by atomic mass is 16.4. The van der Waals surface area contributed by atoms with Crippen LogP contribution in [0, 0.1) is 0 Å². The molecule has 1 heterocycles. The number of benzene rings is 1. The largest absolute Gasteiger partial charge is 0.480 e. The van der Waals surface area contributed by atoms with E-state index in [1.807, 2.05) is 6.07 Å². The van der Waals surface area contributed by atoms with Crippen LogP contribution in [0.5, 0.6) is 0 Å². The molecule has 0 saturated carbocycles. The Bertz CT molecular complexity index is 599. The van der Waals surface area contributed by atoms with Crippen molar-refractivity contribution in [2.45, 2.75) is 12.5 Å². The number of nitrogens with one attached hydrogen (secondary N) is 3. The van der Waals surface area contributed by atoms with Crippen molar-refractivity contribution < 1.29 is 14.7 Å². The van der Waals surface area contributed by atoms with Gasteiger partial charge in [-0.2, -0.15) is 0 Å². The number of carboxylic acid groups (broad SMARTS) is 1. The van der Waals surface area contributed by atoms with Gasteiger partial charge in [-0.15, -0.1) is 0 Å². The number of rotatable bonds is 8. The van der Waals surface area contributed by atoms with Gasteiger partial charge in [0, 0.05) is 37.0 Å². The number of aromatic nitrogens is 2. The smallest absolute Gasteiger partial charge is 0.321 e. The minimum atomic E-state index is -0.941. The normalized spacial score (nSPS) is 11.8. The molecule has 116 valence electrons. The van der Waals surface area contributed by atoms with Gasteiger partial charge in [0.15, 0.2) is 0 Å². The molecule has 0 fully saturated rings. The number of imidazole rings is 1. The molecule has 7 heteroatoms. The first-order valence-corrected chi connectivity index (χ1v) is 6.93. The number of nitrogens with zero attached hydrogens (tertiary/aromatic N) is 1. The van der Waals surface area contributed by atoms with Crippen molar-refractivity contribution >= 4 is 11.9 Å². The van der Waals surface area contributed by atoms with Crippen LogP contribution in [0.2, 0.25) is 0 Å². The lowest BCUT2D eigenvalue weighted by Crippen LogP contribution is -2.42. The predicted molar refractivity (Wildman–Crippen MR) is 80.5 cm³/mol. The first-order valence-electron chi connectivity index (χ1n) is 6.93. The summed E-state index contributed by atoms with van der Waals surface area (Å²) < 4.78 is 0. The summed E-state index contributed by atoms with van der Waals surface area (Å²) >= 11 is 0. The zero-order valence-electron chi connectivity index (χ0n) is 12.0. The average Bonchev–Trinajstić information content (AvgIpc) is 3.03. The SMILES string of the molecule is O=C(NCCN[C@@H](Cc1cnc[nH]1)C(=O)O)c1ccccc1. The topological polar surface area (TPSA) is 107 Å². The Hall–Kier alpha value is -2.67. The van der Waals surface area contributed by atoms with Crippen LogP contribution >= 0.6 is 0 Å². The maximum atomic E-state index is 11.8. The maximum absolute atomic E-state index is 11.8. The predicted octanol–water partition coefficient (Wildman–Crippen LogP) is 0.425. The van der Waals surface area contributed by atoms with Crippen LogP contribution < -0.4 is 10.6 Å². The Morgan fingerprint density at radius 3 is 2.64 bits per heavy atom. The molecule has 0 spiro atoms. The maximum Gasteiger partial charge on any atom is 0.321 e. The molecule has 1 amide bonds. The number of amides is 1. The van der Waals surface area contributed by atoms with E-state index in [2.05, 4.69) is 20.6 Å². The lowest BCUT2D eigenvalue weighted by molar-refractivity contribution is -0.139. The van der Waals surface area contributed by atoms with Gasteiger partial charge in [-0.25, -0.2) is 4.98 Å². The summed E-state index contributed by atoms with van der Waals surface area (Å²) in [5.41, 5.74) is 1.32. The molecule has 0 radical (unpaired) electrons. The van der Waals surface area contributed by atoms with Gasteiger partial charge in [0.2, 0.25) is 0 Å². The lowest BCUT2D eigenvalue weighted by atomic mass is 10.1. The van der Waals surface area contributed by atoms with Crippen LogP contribution in [0.25, 0.3) is 0 Å². The first kappa shape index (κ1) is 15.7. The van der Waals surface area contributed by atoms with Gasteiger partial charge in [-0.05, 0) is 12.1 Å². The molecule has 0 aliphatic carbocycles. The lowest BCUT2D eigenvalue weighted by Gasteiger charge is -2.14. The van der Waals surface area contributed by atoms with Crippen molar-refractivity contribution in [2.24, 2.45) is 0 Å². The number of carbonyl (C=O) groups is 2. The van der Waals surface area contributed by atoms with E-state index in [9.17, 15) is 14.7 Å². The molecule has 0 aliphatic heterocycles. The summed E-state index contributed by atoms with van der Waals surface area (Å²) in [6.07, 6.45) is 3.41. The molecule has 0 unspecified atom stereocenters. The van der Waals surface area contributed by atoms with Crippen LogP contribution in [-0.2, 0) is 11.2 Å². The monoisotopic (exact) mass is 302 g/mol. The van der Waals surface area contributed by atoms with Crippen molar-refractivity contribution in [3.8, 4) is 0 Å².